The Labute approximate surface area is 131 Å². The summed E-state index contributed by atoms with van der Waals surface area (Å²) in [5.41, 5.74) is 2.32. The summed E-state index contributed by atoms with van der Waals surface area (Å²) in [5.74, 6) is -0.453. The van der Waals surface area contributed by atoms with Crippen molar-refractivity contribution in [1.29, 1.82) is 0 Å². The minimum absolute atomic E-state index is 0.146. The van der Waals surface area contributed by atoms with Crippen molar-refractivity contribution in [2.45, 2.75) is 32.7 Å². The van der Waals surface area contributed by atoms with Gasteiger partial charge in [-0.3, -0.25) is 0 Å². The van der Waals surface area contributed by atoms with E-state index in [1.54, 1.807) is 13.2 Å². The van der Waals surface area contributed by atoms with Gasteiger partial charge in [-0.05, 0) is 31.9 Å². The molecule has 6 heteroatoms. The molecule has 0 radical (unpaired) electrons. The number of nitrogens with one attached hydrogen (secondary N) is 1. The van der Waals surface area contributed by atoms with Gasteiger partial charge in [0.25, 0.3) is 0 Å². The van der Waals surface area contributed by atoms with Crippen LogP contribution in [0.3, 0.4) is 0 Å². The lowest BCUT2D eigenvalue weighted by Gasteiger charge is -2.18. The van der Waals surface area contributed by atoms with E-state index in [4.69, 9.17) is 4.74 Å². The molecule has 2 N–H and O–H groups in total. The molecule has 6 nitrogen and oxygen atoms in total. The summed E-state index contributed by atoms with van der Waals surface area (Å²) < 4.78 is 5.13. The number of ether oxygens (including phenoxy) is 1. The van der Waals surface area contributed by atoms with Crippen molar-refractivity contribution in [3.63, 3.8) is 0 Å². The number of hydrogen-bond donors (Lipinski definition) is 2. The number of carbonyl (C=O) groups is 1. The summed E-state index contributed by atoms with van der Waals surface area (Å²) in [4.78, 5) is 18.4. The van der Waals surface area contributed by atoms with Crippen LogP contribution in [0, 0.1) is 0 Å². The summed E-state index contributed by atoms with van der Waals surface area (Å²) in [6.45, 7) is 7.40. The molecule has 1 aliphatic heterocycles. The maximum Gasteiger partial charge on any atom is 0.339 e. The number of nitrogens with zero attached hydrogens (tertiary/aromatic N) is 2. The molecule has 1 aliphatic rings. The molecule has 0 spiro atoms. The van der Waals surface area contributed by atoms with Gasteiger partial charge in [-0.2, -0.15) is 0 Å². The molecule has 2 rings (SSSR count). The Bertz CT molecular complexity index is 532. The molecule has 0 aromatic carbocycles. The zero-order valence-electron chi connectivity index (χ0n) is 13.6. The third-order valence-electron chi connectivity index (χ3n) is 3.82. The van der Waals surface area contributed by atoms with Crippen LogP contribution in [0.4, 0.5) is 5.82 Å². The Kier molecular flexibility index (Phi) is 5.74. The third-order valence-corrected chi connectivity index (χ3v) is 3.82. The van der Waals surface area contributed by atoms with Crippen molar-refractivity contribution < 1.29 is 14.6 Å². The first-order valence-corrected chi connectivity index (χ1v) is 7.75. The number of fused-ring (bicyclic) bond motifs is 1. The van der Waals surface area contributed by atoms with Crippen LogP contribution in [0.2, 0.25) is 0 Å². The zero-order valence-corrected chi connectivity index (χ0v) is 13.6. The van der Waals surface area contributed by atoms with Crippen LogP contribution >= 0.6 is 0 Å². The van der Waals surface area contributed by atoms with Crippen LogP contribution in [0.1, 0.15) is 35.5 Å². The lowest BCUT2D eigenvalue weighted by atomic mass is 10.1. The fourth-order valence-electron chi connectivity index (χ4n) is 2.67. The number of rotatable bonds is 6. The number of pyridine rings is 1. The van der Waals surface area contributed by atoms with Gasteiger partial charge in [0.1, 0.15) is 11.4 Å². The van der Waals surface area contributed by atoms with Crippen LogP contribution in [-0.4, -0.2) is 60.4 Å². The average molecular weight is 307 g/mol. The van der Waals surface area contributed by atoms with Crippen molar-refractivity contribution >= 4 is 11.8 Å². The Morgan fingerprint density at radius 1 is 1.45 bits per heavy atom. The second-order valence-corrected chi connectivity index (χ2v) is 5.93. The highest BCUT2D eigenvalue weighted by Gasteiger charge is 2.20. The first-order chi connectivity index (χ1) is 10.5. The molecule has 22 heavy (non-hydrogen) atoms. The smallest absolute Gasteiger partial charge is 0.339 e. The largest absolute Gasteiger partial charge is 0.478 e. The molecule has 1 aromatic heterocycles. The lowest BCUT2D eigenvalue weighted by Crippen LogP contribution is -2.29. The molecule has 0 amide bonds. The van der Waals surface area contributed by atoms with Gasteiger partial charge in [0, 0.05) is 44.9 Å². The van der Waals surface area contributed by atoms with E-state index in [1.807, 2.05) is 13.8 Å². The van der Waals surface area contributed by atoms with Crippen molar-refractivity contribution in [2.75, 3.05) is 38.7 Å². The van der Waals surface area contributed by atoms with Gasteiger partial charge in [-0.25, -0.2) is 9.78 Å². The van der Waals surface area contributed by atoms with Crippen molar-refractivity contribution in [3.8, 4) is 0 Å². The minimum atomic E-state index is -0.932. The SMILES string of the molecule is COCCN1CCc2cc(C(=O)O)c(NC(C)C)nc2CC1. The Balaban J connectivity index is 2.23. The van der Waals surface area contributed by atoms with Crippen molar-refractivity contribution in [2.24, 2.45) is 0 Å². The number of aromatic nitrogens is 1. The monoisotopic (exact) mass is 307 g/mol. The van der Waals surface area contributed by atoms with E-state index in [2.05, 4.69) is 15.2 Å². The zero-order chi connectivity index (χ0) is 16.1. The van der Waals surface area contributed by atoms with E-state index in [0.29, 0.717) is 12.4 Å². The first kappa shape index (κ1) is 16.7. The topological polar surface area (TPSA) is 74.7 Å². The summed E-state index contributed by atoms with van der Waals surface area (Å²) in [6, 6.07) is 1.93. The molecule has 0 atom stereocenters. The van der Waals surface area contributed by atoms with Crippen LogP contribution in [-0.2, 0) is 17.6 Å². The van der Waals surface area contributed by atoms with E-state index < -0.39 is 5.97 Å². The maximum atomic E-state index is 11.5. The van der Waals surface area contributed by atoms with Gasteiger partial charge in [0.2, 0.25) is 0 Å². The first-order valence-electron chi connectivity index (χ1n) is 7.75. The third kappa shape index (κ3) is 4.18. The fraction of sp³-hybridized carbons (Fsp3) is 0.625. The van der Waals surface area contributed by atoms with Crippen LogP contribution in [0.25, 0.3) is 0 Å². The highest BCUT2D eigenvalue weighted by Crippen LogP contribution is 2.22. The number of hydrogen-bond acceptors (Lipinski definition) is 5. The van der Waals surface area contributed by atoms with Gasteiger partial charge in [0.05, 0.1) is 6.61 Å². The number of anilines is 1. The van der Waals surface area contributed by atoms with E-state index in [0.717, 1.165) is 43.7 Å². The van der Waals surface area contributed by atoms with Crippen LogP contribution in [0.5, 0.6) is 0 Å². The molecule has 0 bridgehead atoms. The lowest BCUT2D eigenvalue weighted by molar-refractivity contribution is 0.0697. The molecule has 0 saturated carbocycles. The van der Waals surface area contributed by atoms with Gasteiger partial charge in [-0.1, -0.05) is 0 Å². The quantitative estimate of drug-likeness (QED) is 0.832. The Morgan fingerprint density at radius 2 is 2.18 bits per heavy atom. The van der Waals surface area contributed by atoms with Crippen molar-refractivity contribution in [1.82, 2.24) is 9.88 Å². The second kappa shape index (κ2) is 7.56. The molecular formula is C16H25N3O3. The number of carboxylic acids is 1. The van der Waals surface area contributed by atoms with Crippen molar-refractivity contribution in [3.05, 3.63) is 22.9 Å². The normalized spacial score (nSPS) is 15.5. The molecule has 1 aromatic rings. The van der Waals surface area contributed by atoms with E-state index >= 15 is 0 Å². The Hall–Kier alpha value is -1.66. The van der Waals surface area contributed by atoms with E-state index in [9.17, 15) is 9.90 Å². The molecule has 0 unspecified atom stereocenters. The summed E-state index contributed by atoms with van der Waals surface area (Å²) in [5, 5.41) is 12.6. The fourth-order valence-corrected chi connectivity index (χ4v) is 2.67. The second-order valence-electron chi connectivity index (χ2n) is 5.93. The standard InChI is InChI=1S/C16H25N3O3/c1-11(2)17-15-13(16(20)21)10-12-4-6-19(8-9-22-3)7-5-14(12)18-15/h10-11H,4-9H2,1-3H3,(H,17,18)(H,20,21). The van der Waals surface area contributed by atoms with Gasteiger partial charge < -0.3 is 20.1 Å². The molecular weight excluding hydrogens is 282 g/mol. The predicted molar refractivity (Wildman–Crippen MR) is 85.7 cm³/mol. The molecule has 2 heterocycles. The Morgan fingerprint density at radius 3 is 2.82 bits per heavy atom. The van der Waals surface area contributed by atoms with Gasteiger partial charge in [0.15, 0.2) is 0 Å². The van der Waals surface area contributed by atoms with Crippen LogP contribution in [0.15, 0.2) is 6.07 Å². The number of aromatic carboxylic acids is 1. The predicted octanol–water partition coefficient (Wildman–Crippen LogP) is 1.65. The summed E-state index contributed by atoms with van der Waals surface area (Å²) >= 11 is 0. The number of methoxy groups -OCH3 is 1. The molecule has 122 valence electrons. The highest BCUT2D eigenvalue weighted by atomic mass is 16.5. The molecule has 0 saturated heterocycles. The molecule has 0 aliphatic carbocycles. The van der Waals surface area contributed by atoms with Crippen LogP contribution < -0.4 is 5.32 Å². The molecule has 0 fully saturated rings. The summed E-state index contributed by atoms with van der Waals surface area (Å²) in [6.07, 6.45) is 1.67. The summed E-state index contributed by atoms with van der Waals surface area (Å²) in [7, 11) is 1.71. The van der Waals surface area contributed by atoms with E-state index in [-0.39, 0.29) is 11.6 Å². The highest BCUT2D eigenvalue weighted by molar-refractivity contribution is 5.93. The minimum Gasteiger partial charge on any atom is -0.478 e. The van der Waals surface area contributed by atoms with Gasteiger partial charge in [-0.15, -0.1) is 0 Å². The maximum absolute atomic E-state index is 11.5. The average Bonchev–Trinajstić information content (AvgIpc) is 2.65. The van der Waals surface area contributed by atoms with E-state index in [1.165, 1.54) is 0 Å². The van der Waals surface area contributed by atoms with Gasteiger partial charge >= 0.3 is 5.97 Å². The number of carboxylic acid groups (broad SMARTS) is 1.